The van der Waals surface area contributed by atoms with Crippen molar-refractivity contribution in [3.63, 3.8) is 0 Å². The Hall–Kier alpha value is -0.770. The molecule has 0 amide bonds. The van der Waals surface area contributed by atoms with Crippen LogP contribution in [0.15, 0.2) is 23.8 Å². The first-order valence-electron chi connectivity index (χ1n) is 5.14. The van der Waals surface area contributed by atoms with Gasteiger partial charge in [0.2, 0.25) is 0 Å². The molecule has 1 fully saturated rings. The maximum atomic E-state index is 13.7. The number of rotatable bonds is 1. The van der Waals surface area contributed by atoms with E-state index in [1.165, 1.54) is 0 Å². The summed E-state index contributed by atoms with van der Waals surface area (Å²) in [6, 6.07) is -0.316. The van der Waals surface area contributed by atoms with E-state index in [2.05, 4.69) is 5.32 Å². The van der Waals surface area contributed by atoms with Gasteiger partial charge in [0.1, 0.15) is 12.0 Å². The molecule has 2 aliphatic rings. The Morgan fingerprint density at radius 3 is 2.80 bits per heavy atom. The monoisotopic (exact) mass is 217 g/mol. The van der Waals surface area contributed by atoms with Crippen LogP contribution in [0.2, 0.25) is 0 Å². The molecule has 0 bridgehead atoms. The standard InChI is InChI=1S/C11H14F3N/c1-11(9-5-7(12)6-15-9)4-2-3-8(13)10(11)14/h2-3,7,9,15H,4-6H2,1H3/t7-,9+,11?/m0/s1. The van der Waals surface area contributed by atoms with Gasteiger partial charge in [0.05, 0.1) is 0 Å². The summed E-state index contributed by atoms with van der Waals surface area (Å²) in [5.74, 6) is -1.58. The number of hydrogen-bond donors (Lipinski definition) is 1. The molecule has 15 heavy (non-hydrogen) atoms. The molecule has 0 aromatic carbocycles. The van der Waals surface area contributed by atoms with Gasteiger partial charge in [-0.25, -0.2) is 13.2 Å². The molecule has 1 heterocycles. The third kappa shape index (κ3) is 1.71. The van der Waals surface area contributed by atoms with Crippen LogP contribution < -0.4 is 5.32 Å². The third-order valence-corrected chi connectivity index (χ3v) is 3.36. The van der Waals surface area contributed by atoms with Crippen molar-refractivity contribution >= 4 is 0 Å². The van der Waals surface area contributed by atoms with E-state index in [0.29, 0.717) is 6.42 Å². The average molecular weight is 217 g/mol. The maximum Gasteiger partial charge on any atom is 0.154 e. The largest absolute Gasteiger partial charge is 0.310 e. The van der Waals surface area contributed by atoms with E-state index in [0.717, 1.165) is 6.08 Å². The molecule has 1 nitrogen and oxygen atoms in total. The highest BCUT2D eigenvalue weighted by atomic mass is 19.2. The van der Waals surface area contributed by atoms with Crippen molar-refractivity contribution in [2.75, 3.05) is 6.54 Å². The van der Waals surface area contributed by atoms with Gasteiger partial charge in [-0.05, 0) is 18.9 Å². The summed E-state index contributed by atoms with van der Waals surface area (Å²) in [5, 5.41) is 2.92. The first-order chi connectivity index (χ1) is 7.04. The van der Waals surface area contributed by atoms with Crippen LogP contribution in [-0.4, -0.2) is 18.8 Å². The number of hydrogen-bond acceptors (Lipinski definition) is 1. The zero-order valence-electron chi connectivity index (χ0n) is 8.56. The highest BCUT2D eigenvalue weighted by Crippen LogP contribution is 2.44. The molecule has 1 aliphatic carbocycles. The van der Waals surface area contributed by atoms with Gasteiger partial charge in [0, 0.05) is 18.0 Å². The molecule has 3 atom stereocenters. The lowest BCUT2D eigenvalue weighted by Gasteiger charge is -2.35. The van der Waals surface area contributed by atoms with E-state index >= 15 is 0 Å². The van der Waals surface area contributed by atoms with E-state index in [-0.39, 0.29) is 19.0 Å². The molecule has 1 unspecified atom stereocenters. The van der Waals surface area contributed by atoms with Gasteiger partial charge in [-0.2, -0.15) is 0 Å². The van der Waals surface area contributed by atoms with Crippen LogP contribution in [0.25, 0.3) is 0 Å². The summed E-state index contributed by atoms with van der Waals surface area (Å²) in [7, 11) is 0. The fourth-order valence-corrected chi connectivity index (χ4v) is 2.32. The topological polar surface area (TPSA) is 12.0 Å². The molecule has 0 spiro atoms. The Labute approximate surface area is 87.0 Å². The molecule has 1 N–H and O–H groups in total. The minimum absolute atomic E-state index is 0.235. The van der Waals surface area contributed by atoms with Crippen LogP contribution in [0.5, 0.6) is 0 Å². The van der Waals surface area contributed by atoms with Gasteiger partial charge in [-0.3, -0.25) is 0 Å². The first-order valence-corrected chi connectivity index (χ1v) is 5.14. The lowest BCUT2D eigenvalue weighted by Crippen LogP contribution is -2.40. The normalized spacial score (nSPS) is 41.3. The van der Waals surface area contributed by atoms with Crippen LogP contribution in [0.1, 0.15) is 19.8 Å². The SMILES string of the molecule is CC1([C@H]2C[C@H](F)CN2)CC=CC(F)=C1F. The van der Waals surface area contributed by atoms with E-state index in [1.54, 1.807) is 13.0 Å². The Morgan fingerprint density at radius 2 is 2.20 bits per heavy atom. The summed E-state index contributed by atoms with van der Waals surface area (Å²) in [5.41, 5.74) is -0.931. The Morgan fingerprint density at radius 1 is 1.47 bits per heavy atom. The van der Waals surface area contributed by atoms with Gasteiger partial charge < -0.3 is 5.32 Å². The van der Waals surface area contributed by atoms with Crippen LogP contribution in [0, 0.1) is 5.41 Å². The fraction of sp³-hybridized carbons (Fsp3) is 0.636. The van der Waals surface area contributed by atoms with E-state index in [1.807, 2.05) is 0 Å². The second-order valence-electron chi connectivity index (χ2n) is 4.48. The molecule has 2 rings (SSSR count). The summed E-state index contributed by atoms with van der Waals surface area (Å²) < 4.78 is 39.8. The van der Waals surface area contributed by atoms with Crippen molar-refractivity contribution in [3.8, 4) is 0 Å². The van der Waals surface area contributed by atoms with Gasteiger partial charge in [0.15, 0.2) is 5.83 Å². The fourth-order valence-electron chi connectivity index (χ4n) is 2.32. The van der Waals surface area contributed by atoms with E-state index < -0.39 is 23.2 Å². The average Bonchev–Trinajstić information content (AvgIpc) is 2.62. The highest BCUT2D eigenvalue weighted by molar-refractivity contribution is 5.28. The summed E-state index contributed by atoms with van der Waals surface area (Å²) in [4.78, 5) is 0. The molecule has 84 valence electrons. The highest BCUT2D eigenvalue weighted by Gasteiger charge is 2.44. The van der Waals surface area contributed by atoms with Crippen LogP contribution in [0.3, 0.4) is 0 Å². The molecule has 0 saturated carbocycles. The second kappa shape index (κ2) is 3.67. The Bertz CT molecular complexity index is 324. The smallest absolute Gasteiger partial charge is 0.154 e. The van der Waals surface area contributed by atoms with Gasteiger partial charge in [-0.15, -0.1) is 0 Å². The van der Waals surface area contributed by atoms with Crippen molar-refractivity contribution in [2.45, 2.75) is 32.0 Å². The summed E-state index contributed by atoms with van der Waals surface area (Å²) >= 11 is 0. The van der Waals surface area contributed by atoms with Gasteiger partial charge in [0.25, 0.3) is 0 Å². The number of halogens is 3. The minimum atomic E-state index is -0.950. The maximum absolute atomic E-state index is 13.7. The molecular weight excluding hydrogens is 203 g/mol. The third-order valence-electron chi connectivity index (χ3n) is 3.36. The lowest BCUT2D eigenvalue weighted by molar-refractivity contribution is 0.217. The van der Waals surface area contributed by atoms with Crippen molar-refractivity contribution in [1.29, 1.82) is 0 Å². The van der Waals surface area contributed by atoms with Gasteiger partial charge >= 0.3 is 0 Å². The lowest BCUT2D eigenvalue weighted by atomic mass is 9.75. The zero-order valence-corrected chi connectivity index (χ0v) is 8.56. The molecule has 0 radical (unpaired) electrons. The molecule has 1 saturated heterocycles. The minimum Gasteiger partial charge on any atom is -0.310 e. The Balaban J connectivity index is 2.24. The van der Waals surface area contributed by atoms with Gasteiger partial charge in [-0.1, -0.05) is 13.0 Å². The predicted molar refractivity (Wildman–Crippen MR) is 52.4 cm³/mol. The van der Waals surface area contributed by atoms with E-state index in [4.69, 9.17) is 0 Å². The first kappa shape index (κ1) is 10.7. The number of alkyl halides is 1. The van der Waals surface area contributed by atoms with Crippen molar-refractivity contribution < 1.29 is 13.2 Å². The predicted octanol–water partition coefficient (Wildman–Crippen LogP) is 2.80. The number of allylic oxidation sites excluding steroid dienone is 3. The molecule has 0 aromatic heterocycles. The van der Waals surface area contributed by atoms with Crippen molar-refractivity contribution in [3.05, 3.63) is 23.8 Å². The van der Waals surface area contributed by atoms with Crippen LogP contribution in [-0.2, 0) is 0 Å². The summed E-state index contributed by atoms with van der Waals surface area (Å²) in [6.45, 7) is 1.87. The van der Waals surface area contributed by atoms with Crippen molar-refractivity contribution in [2.24, 2.45) is 5.41 Å². The zero-order chi connectivity index (χ0) is 11.1. The second-order valence-corrected chi connectivity index (χ2v) is 4.48. The molecule has 4 heteroatoms. The van der Waals surface area contributed by atoms with Crippen molar-refractivity contribution in [1.82, 2.24) is 5.32 Å². The van der Waals surface area contributed by atoms with E-state index in [9.17, 15) is 13.2 Å². The molecular formula is C11H14F3N. The molecule has 1 aliphatic heterocycles. The van der Waals surface area contributed by atoms with Crippen LogP contribution in [0.4, 0.5) is 13.2 Å². The Kier molecular flexibility index (Phi) is 2.63. The summed E-state index contributed by atoms with van der Waals surface area (Å²) in [6.07, 6.45) is 2.46. The van der Waals surface area contributed by atoms with Crippen LogP contribution >= 0.6 is 0 Å². The quantitative estimate of drug-likeness (QED) is 0.712. The molecule has 0 aromatic rings. The number of nitrogens with one attached hydrogen (secondary N) is 1.